The Labute approximate surface area is 119 Å². The van der Waals surface area contributed by atoms with Crippen LogP contribution in [-0.4, -0.2) is 5.78 Å². The molecule has 2 aromatic rings. The molecule has 0 saturated carbocycles. The van der Waals surface area contributed by atoms with E-state index in [2.05, 4.69) is 6.92 Å². The fourth-order valence-corrected chi connectivity index (χ4v) is 2.35. The molecule has 2 heteroatoms. The first kappa shape index (κ1) is 14.4. The lowest BCUT2D eigenvalue weighted by Gasteiger charge is -2.11. The summed E-state index contributed by atoms with van der Waals surface area (Å²) >= 11 is 0. The lowest BCUT2D eigenvalue weighted by molar-refractivity contribution is 0.103. The summed E-state index contributed by atoms with van der Waals surface area (Å²) in [5, 5.41) is 0. The minimum atomic E-state index is -0.372. The van der Waals surface area contributed by atoms with Crippen LogP contribution in [-0.2, 0) is 12.8 Å². The van der Waals surface area contributed by atoms with Crippen molar-refractivity contribution >= 4 is 5.78 Å². The van der Waals surface area contributed by atoms with E-state index in [9.17, 15) is 9.18 Å². The third kappa shape index (κ3) is 2.79. The van der Waals surface area contributed by atoms with Crippen LogP contribution >= 0.6 is 0 Å². The summed E-state index contributed by atoms with van der Waals surface area (Å²) in [4.78, 5) is 12.7. The Balaban J connectivity index is 2.54. The molecule has 0 aromatic heterocycles. The number of benzene rings is 2. The van der Waals surface area contributed by atoms with Gasteiger partial charge in [-0.3, -0.25) is 4.79 Å². The molecule has 0 saturated heterocycles. The molecule has 0 spiro atoms. The van der Waals surface area contributed by atoms with E-state index in [1.807, 2.05) is 32.0 Å². The molecule has 0 aliphatic rings. The molecule has 0 aliphatic heterocycles. The van der Waals surface area contributed by atoms with E-state index in [1.165, 1.54) is 12.1 Å². The lowest BCUT2D eigenvalue weighted by Crippen LogP contribution is -2.08. The maximum atomic E-state index is 13.4. The molecule has 0 atom stereocenters. The van der Waals surface area contributed by atoms with Gasteiger partial charge in [-0.15, -0.1) is 0 Å². The Morgan fingerprint density at radius 3 is 2.40 bits per heavy atom. The van der Waals surface area contributed by atoms with Gasteiger partial charge in [0.15, 0.2) is 5.78 Å². The Bertz CT molecular complexity index is 644. The highest BCUT2D eigenvalue weighted by Crippen LogP contribution is 2.20. The molecule has 1 nitrogen and oxygen atoms in total. The standard InChI is InChI=1S/C18H19FO/c1-4-13-7-8-14(5-2)17(10-13)18(20)16-11-15(19)9-6-12(16)3/h6-11H,4-5H2,1-3H3. The normalized spacial score (nSPS) is 10.6. The van der Waals surface area contributed by atoms with Crippen molar-refractivity contribution in [2.45, 2.75) is 33.6 Å². The first-order valence-corrected chi connectivity index (χ1v) is 6.99. The largest absolute Gasteiger partial charge is 0.289 e. The zero-order valence-electron chi connectivity index (χ0n) is 12.2. The number of hydrogen-bond acceptors (Lipinski definition) is 1. The second-order valence-corrected chi connectivity index (χ2v) is 4.99. The van der Waals surface area contributed by atoms with Gasteiger partial charge in [0.2, 0.25) is 0 Å². The fourth-order valence-electron chi connectivity index (χ4n) is 2.35. The van der Waals surface area contributed by atoms with Gasteiger partial charge in [0.05, 0.1) is 0 Å². The number of carbonyl (C=O) groups excluding carboxylic acids is 1. The smallest absolute Gasteiger partial charge is 0.193 e. The molecule has 0 aliphatic carbocycles. The van der Waals surface area contributed by atoms with Crippen LogP contribution < -0.4 is 0 Å². The predicted molar refractivity (Wildman–Crippen MR) is 79.8 cm³/mol. The van der Waals surface area contributed by atoms with Crippen LogP contribution in [0.25, 0.3) is 0 Å². The number of aryl methyl sites for hydroxylation is 3. The molecule has 0 N–H and O–H groups in total. The maximum absolute atomic E-state index is 13.4. The van der Waals surface area contributed by atoms with Crippen LogP contribution in [0.4, 0.5) is 4.39 Å². The van der Waals surface area contributed by atoms with Crippen molar-refractivity contribution in [1.29, 1.82) is 0 Å². The van der Waals surface area contributed by atoms with Crippen molar-refractivity contribution in [3.8, 4) is 0 Å². The molecular formula is C18H19FO. The highest BCUT2D eigenvalue weighted by Gasteiger charge is 2.16. The molecule has 0 bridgehead atoms. The highest BCUT2D eigenvalue weighted by molar-refractivity contribution is 6.10. The number of carbonyl (C=O) groups is 1. The van der Waals surface area contributed by atoms with Gasteiger partial charge in [0.25, 0.3) is 0 Å². The van der Waals surface area contributed by atoms with Crippen LogP contribution in [0.3, 0.4) is 0 Å². The number of halogens is 1. The molecule has 104 valence electrons. The number of hydrogen-bond donors (Lipinski definition) is 0. The van der Waals surface area contributed by atoms with Crippen molar-refractivity contribution in [1.82, 2.24) is 0 Å². The topological polar surface area (TPSA) is 17.1 Å². The second kappa shape index (κ2) is 6.00. The molecule has 0 amide bonds. The van der Waals surface area contributed by atoms with Crippen molar-refractivity contribution in [3.63, 3.8) is 0 Å². The third-order valence-electron chi connectivity index (χ3n) is 3.65. The average molecular weight is 270 g/mol. The minimum absolute atomic E-state index is 0.0887. The van der Waals surface area contributed by atoms with E-state index in [0.29, 0.717) is 11.1 Å². The first-order chi connectivity index (χ1) is 9.56. The van der Waals surface area contributed by atoms with Gasteiger partial charge in [-0.05, 0) is 54.7 Å². The van der Waals surface area contributed by atoms with E-state index >= 15 is 0 Å². The zero-order chi connectivity index (χ0) is 14.7. The number of rotatable bonds is 4. The quantitative estimate of drug-likeness (QED) is 0.748. The van der Waals surface area contributed by atoms with E-state index < -0.39 is 0 Å². The summed E-state index contributed by atoms with van der Waals surface area (Å²) < 4.78 is 13.4. The summed E-state index contributed by atoms with van der Waals surface area (Å²) in [5.41, 5.74) is 4.09. The molecular weight excluding hydrogens is 251 g/mol. The van der Waals surface area contributed by atoms with Gasteiger partial charge in [0, 0.05) is 11.1 Å². The third-order valence-corrected chi connectivity index (χ3v) is 3.65. The lowest BCUT2D eigenvalue weighted by atomic mass is 9.92. The van der Waals surface area contributed by atoms with Gasteiger partial charge in [-0.2, -0.15) is 0 Å². The Morgan fingerprint density at radius 1 is 1.00 bits per heavy atom. The van der Waals surface area contributed by atoms with Gasteiger partial charge in [0.1, 0.15) is 5.82 Å². The van der Waals surface area contributed by atoms with E-state index in [-0.39, 0.29) is 11.6 Å². The van der Waals surface area contributed by atoms with Gasteiger partial charge < -0.3 is 0 Å². The van der Waals surface area contributed by atoms with Gasteiger partial charge >= 0.3 is 0 Å². The first-order valence-electron chi connectivity index (χ1n) is 6.99. The monoisotopic (exact) mass is 270 g/mol. The Hall–Kier alpha value is -1.96. The fraction of sp³-hybridized carbons (Fsp3) is 0.278. The summed E-state index contributed by atoms with van der Waals surface area (Å²) in [6.45, 7) is 5.92. The van der Waals surface area contributed by atoms with Gasteiger partial charge in [-0.1, -0.05) is 32.0 Å². The predicted octanol–water partition coefficient (Wildman–Crippen LogP) is 4.49. The minimum Gasteiger partial charge on any atom is -0.289 e. The SMILES string of the molecule is CCc1ccc(CC)c(C(=O)c2cc(F)ccc2C)c1. The molecule has 2 aromatic carbocycles. The van der Waals surface area contributed by atoms with Crippen LogP contribution in [0.15, 0.2) is 36.4 Å². The maximum Gasteiger partial charge on any atom is 0.193 e. The summed E-state index contributed by atoms with van der Waals surface area (Å²) in [5.74, 6) is -0.460. The van der Waals surface area contributed by atoms with Crippen LogP contribution in [0, 0.1) is 12.7 Å². The summed E-state index contributed by atoms with van der Waals surface area (Å²) in [6, 6.07) is 10.4. The highest BCUT2D eigenvalue weighted by atomic mass is 19.1. The molecule has 0 radical (unpaired) electrons. The van der Waals surface area contributed by atoms with Gasteiger partial charge in [-0.25, -0.2) is 4.39 Å². The van der Waals surface area contributed by atoms with Crippen LogP contribution in [0.2, 0.25) is 0 Å². The second-order valence-electron chi connectivity index (χ2n) is 4.99. The molecule has 2 rings (SSSR count). The van der Waals surface area contributed by atoms with Crippen molar-refractivity contribution < 1.29 is 9.18 Å². The number of ketones is 1. The van der Waals surface area contributed by atoms with Crippen molar-refractivity contribution in [3.05, 3.63) is 70.0 Å². The van der Waals surface area contributed by atoms with E-state index in [0.717, 1.165) is 29.5 Å². The molecule has 0 heterocycles. The van der Waals surface area contributed by atoms with E-state index in [1.54, 1.807) is 6.07 Å². The van der Waals surface area contributed by atoms with Crippen LogP contribution in [0.1, 0.15) is 46.5 Å². The Kier molecular flexibility index (Phi) is 4.33. The summed E-state index contributed by atoms with van der Waals surface area (Å²) in [6.07, 6.45) is 1.67. The van der Waals surface area contributed by atoms with Crippen molar-refractivity contribution in [2.75, 3.05) is 0 Å². The van der Waals surface area contributed by atoms with Crippen molar-refractivity contribution in [2.24, 2.45) is 0 Å². The zero-order valence-corrected chi connectivity index (χ0v) is 12.2. The molecule has 0 unspecified atom stereocenters. The summed E-state index contributed by atoms with van der Waals surface area (Å²) in [7, 11) is 0. The molecule has 20 heavy (non-hydrogen) atoms. The van der Waals surface area contributed by atoms with Crippen LogP contribution in [0.5, 0.6) is 0 Å². The van der Waals surface area contributed by atoms with E-state index in [4.69, 9.17) is 0 Å². The molecule has 0 fully saturated rings. The average Bonchev–Trinajstić information content (AvgIpc) is 2.48. The Morgan fingerprint density at radius 2 is 1.75 bits per heavy atom.